The molecule has 1 aliphatic carbocycles. The molecule has 2 N–H and O–H groups in total. The minimum absolute atomic E-state index is 0.400. The fourth-order valence-electron chi connectivity index (χ4n) is 5.26. The third-order valence-corrected chi connectivity index (χ3v) is 8.25. The van der Waals surface area contributed by atoms with E-state index in [1.165, 1.54) is 36.2 Å². The molecule has 0 aromatic heterocycles. The van der Waals surface area contributed by atoms with Gasteiger partial charge in [0.15, 0.2) is 0 Å². The summed E-state index contributed by atoms with van der Waals surface area (Å²) in [5.41, 5.74) is 1.92. The zero-order chi connectivity index (χ0) is 22.7. The Balaban J connectivity index is 1.27. The highest BCUT2D eigenvalue weighted by Crippen LogP contribution is 2.32. The molecule has 2 aliphatic heterocycles. The Hall–Kier alpha value is -2.13. The lowest BCUT2D eigenvalue weighted by molar-refractivity contribution is -0.136. The molecule has 2 heterocycles. The summed E-state index contributed by atoms with van der Waals surface area (Å²) in [6.07, 6.45) is 10.1. The molecule has 0 bridgehead atoms. The largest absolute Gasteiger partial charge is 0.348 e. The summed E-state index contributed by atoms with van der Waals surface area (Å²) in [4.78, 5) is 27.3. The first kappa shape index (κ1) is 23.0. The molecule has 1 aromatic carbocycles. The van der Waals surface area contributed by atoms with Gasteiger partial charge in [-0.3, -0.25) is 13.9 Å². The second kappa shape index (κ2) is 9.79. The first-order chi connectivity index (χ1) is 15.3. The zero-order valence-corrected chi connectivity index (χ0v) is 19.6. The second-order valence-corrected chi connectivity index (χ2v) is 11.3. The van der Waals surface area contributed by atoms with Gasteiger partial charge in [0.2, 0.25) is 10.0 Å². The lowest BCUT2D eigenvalue weighted by Crippen LogP contribution is -2.44. The van der Waals surface area contributed by atoms with Crippen molar-refractivity contribution < 1.29 is 18.0 Å². The van der Waals surface area contributed by atoms with Crippen LogP contribution in [0.1, 0.15) is 50.5 Å². The van der Waals surface area contributed by atoms with Crippen LogP contribution >= 0.6 is 0 Å². The van der Waals surface area contributed by atoms with Crippen LogP contribution in [-0.4, -0.2) is 63.6 Å². The van der Waals surface area contributed by atoms with Crippen molar-refractivity contribution >= 4 is 33.2 Å². The fourth-order valence-corrected chi connectivity index (χ4v) is 6.25. The predicted octanol–water partition coefficient (Wildman–Crippen LogP) is 2.11. The van der Waals surface area contributed by atoms with Crippen LogP contribution in [0.2, 0.25) is 0 Å². The molecule has 1 aromatic rings. The summed E-state index contributed by atoms with van der Waals surface area (Å²) in [7, 11) is -3.39. The van der Waals surface area contributed by atoms with E-state index in [1.807, 2.05) is 6.07 Å². The third kappa shape index (κ3) is 5.43. The summed E-state index contributed by atoms with van der Waals surface area (Å²) in [6, 6.07) is 5.92. The van der Waals surface area contributed by atoms with Crippen molar-refractivity contribution in [1.29, 1.82) is 0 Å². The normalized spacial score (nSPS) is 20.7. The maximum absolute atomic E-state index is 12.4. The van der Waals surface area contributed by atoms with Gasteiger partial charge in [0.25, 0.3) is 0 Å². The SMILES string of the molecule is CS(=O)(=O)N1CCCc2ccc(NC(=O)C(=O)NCC3CCN(C4CCCC4)CC3)cc21. The van der Waals surface area contributed by atoms with Gasteiger partial charge in [-0.1, -0.05) is 18.9 Å². The molecular weight excluding hydrogens is 428 g/mol. The van der Waals surface area contributed by atoms with E-state index in [0.717, 1.165) is 50.4 Å². The molecule has 32 heavy (non-hydrogen) atoms. The van der Waals surface area contributed by atoms with Crippen molar-refractivity contribution in [3.8, 4) is 0 Å². The number of piperidine rings is 1. The minimum atomic E-state index is -3.39. The molecule has 0 atom stereocenters. The number of likely N-dealkylation sites (tertiary alicyclic amines) is 1. The first-order valence-electron chi connectivity index (χ1n) is 11.7. The van der Waals surface area contributed by atoms with Gasteiger partial charge in [-0.2, -0.15) is 0 Å². The monoisotopic (exact) mass is 462 g/mol. The number of carbonyl (C=O) groups is 2. The molecule has 2 fully saturated rings. The van der Waals surface area contributed by atoms with E-state index in [9.17, 15) is 18.0 Å². The van der Waals surface area contributed by atoms with Crippen molar-refractivity contribution in [3.63, 3.8) is 0 Å². The number of nitrogens with one attached hydrogen (secondary N) is 2. The summed E-state index contributed by atoms with van der Waals surface area (Å²) < 4.78 is 25.5. The fraction of sp³-hybridized carbons (Fsp3) is 0.652. The van der Waals surface area contributed by atoms with E-state index >= 15 is 0 Å². The number of aryl methyl sites for hydroxylation is 1. The Morgan fingerprint density at radius 3 is 2.41 bits per heavy atom. The molecular formula is C23H34N4O4S. The van der Waals surface area contributed by atoms with E-state index in [2.05, 4.69) is 15.5 Å². The molecule has 4 rings (SSSR count). The van der Waals surface area contributed by atoms with Crippen molar-refractivity contribution in [2.24, 2.45) is 5.92 Å². The average molecular weight is 463 g/mol. The number of hydrogen-bond acceptors (Lipinski definition) is 5. The second-order valence-electron chi connectivity index (χ2n) is 9.36. The van der Waals surface area contributed by atoms with Crippen LogP contribution in [0, 0.1) is 5.92 Å². The van der Waals surface area contributed by atoms with Crippen LogP contribution in [0.5, 0.6) is 0 Å². The van der Waals surface area contributed by atoms with E-state index in [4.69, 9.17) is 0 Å². The quantitative estimate of drug-likeness (QED) is 0.653. The number of rotatable bonds is 5. The average Bonchev–Trinajstić information content (AvgIpc) is 3.31. The van der Waals surface area contributed by atoms with Crippen molar-refractivity contribution in [2.45, 2.75) is 57.4 Å². The lowest BCUT2D eigenvalue weighted by Gasteiger charge is -2.36. The predicted molar refractivity (Wildman–Crippen MR) is 125 cm³/mol. The number of benzene rings is 1. The van der Waals surface area contributed by atoms with Gasteiger partial charge < -0.3 is 15.5 Å². The Labute approximate surface area is 190 Å². The Morgan fingerprint density at radius 2 is 1.72 bits per heavy atom. The minimum Gasteiger partial charge on any atom is -0.348 e. The van der Waals surface area contributed by atoms with Crippen LogP contribution in [0.15, 0.2) is 18.2 Å². The van der Waals surface area contributed by atoms with Gasteiger partial charge in [0, 0.05) is 24.8 Å². The van der Waals surface area contributed by atoms with Crippen LogP contribution < -0.4 is 14.9 Å². The van der Waals surface area contributed by atoms with E-state index < -0.39 is 21.8 Å². The number of hydrogen-bond donors (Lipinski definition) is 2. The number of nitrogens with zero attached hydrogens (tertiary/aromatic N) is 2. The Kier molecular flexibility index (Phi) is 7.05. The molecule has 0 spiro atoms. The molecule has 2 amide bonds. The van der Waals surface area contributed by atoms with Crippen LogP contribution in [0.3, 0.4) is 0 Å². The maximum Gasteiger partial charge on any atom is 0.313 e. The van der Waals surface area contributed by atoms with E-state index in [-0.39, 0.29) is 0 Å². The molecule has 176 valence electrons. The summed E-state index contributed by atoms with van der Waals surface area (Å²) in [6.45, 7) is 3.08. The van der Waals surface area contributed by atoms with E-state index in [1.54, 1.807) is 12.1 Å². The van der Waals surface area contributed by atoms with Crippen LogP contribution in [0.25, 0.3) is 0 Å². The van der Waals surface area contributed by atoms with Gasteiger partial charge in [0.1, 0.15) is 0 Å². The van der Waals surface area contributed by atoms with Crippen molar-refractivity contribution in [2.75, 3.05) is 42.1 Å². The smallest absolute Gasteiger partial charge is 0.313 e. The Morgan fingerprint density at radius 1 is 1.00 bits per heavy atom. The maximum atomic E-state index is 12.4. The number of fused-ring (bicyclic) bond motifs is 1. The number of amides is 2. The Bertz CT molecular complexity index is 951. The van der Waals surface area contributed by atoms with Gasteiger partial charge in [0.05, 0.1) is 11.9 Å². The van der Waals surface area contributed by atoms with Gasteiger partial charge >= 0.3 is 11.8 Å². The standard InChI is InChI=1S/C23H34N4O4S/c1-32(30,31)27-12-4-5-18-8-9-19(15-21(18)27)25-23(29)22(28)24-16-17-10-13-26(14-11-17)20-6-2-3-7-20/h8-9,15,17,20H,2-7,10-14,16H2,1H3,(H,24,28)(H,25,29). The number of sulfonamides is 1. The summed E-state index contributed by atoms with van der Waals surface area (Å²) >= 11 is 0. The summed E-state index contributed by atoms with van der Waals surface area (Å²) in [5.74, 6) is -0.979. The number of carbonyl (C=O) groups excluding carboxylic acids is 2. The van der Waals surface area contributed by atoms with Crippen molar-refractivity contribution in [3.05, 3.63) is 23.8 Å². The van der Waals surface area contributed by atoms with Gasteiger partial charge in [-0.15, -0.1) is 0 Å². The molecule has 8 nitrogen and oxygen atoms in total. The highest BCUT2D eigenvalue weighted by Gasteiger charge is 2.28. The summed E-state index contributed by atoms with van der Waals surface area (Å²) in [5, 5.41) is 5.39. The number of anilines is 2. The lowest BCUT2D eigenvalue weighted by atomic mass is 9.95. The highest BCUT2D eigenvalue weighted by atomic mass is 32.2. The van der Waals surface area contributed by atoms with Crippen LogP contribution in [0.4, 0.5) is 11.4 Å². The van der Waals surface area contributed by atoms with Crippen molar-refractivity contribution in [1.82, 2.24) is 10.2 Å². The van der Waals surface area contributed by atoms with Gasteiger partial charge in [-0.25, -0.2) is 8.42 Å². The molecule has 1 saturated carbocycles. The molecule has 0 unspecified atom stereocenters. The zero-order valence-electron chi connectivity index (χ0n) is 18.8. The molecule has 1 saturated heterocycles. The first-order valence-corrected chi connectivity index (χ1v) is 13.6. The molecule has 3 aliphatic rings. The van der Waals surface area contributed by atoms with E-state index in [0.29, 0.717) is 30.4 Å². The third-order valence-electron chi connectivity index (χ3n) is 7.07. The van der Waals surface area contributed by atoms with Gasteiger partial charge in [-0.05, 0) is 75.2 Å². The highest BCUT2D eigenvalue weighted by molar-refractivity contribution is 7.92. The molecule has 0 radical (unpaired) electrons. The van der Waals surface area contributed by atoms with Crippen LogP contribution in [-0.2, 0) is 26.0 Å². The molecule has 9 heteroatoms. The topological polar surface area (TPSA) is 98.8 Å².